The summed E-state index contributed by atoms with van der Waals surface area (Å²) in [7, 11) is 1.44. The van der Waals surface area contributed by atoms with E-state index in [-0.39, 0.29) is 33.6 Å². The third kappa shape index (κ3) is 2.40. The summed E-state index contributed by atoms with van der Waals surface area (Å²) in [6.45, 7) is 0. The molecule has 0 aliphatic carbocycles. The molecule has 6 heteroatoms. The van der Waals surface area contributed by atoms with E-state index in [1.54, 1.807) is 24.3 Å². The number of carbonyl (C=O) groups is 1. The van der Waals surface area contributed by atoms with E-state index < -0.39 is 0 Å². The molecule has 112 valence electrons. The molecule has 0 spiro atoms. The molecule has 1 aliphatic heterocycles. The molecule has 1 aliphatic rings. The Morgan fingerprint density at radius 1 is 1.18 bits per heavy atom. The topological polar surface area (TPSA) is 55.8 Å². The number of ether oxygens (including phenoxy) is 2. The average Bonchev–Trinajstić information content (AvgIpc) is 2.83. The van der Waals surface area contributed by atoms with Crippen molar-refractivity contribution in [3.63, 3.8) is 0 Å². The van der Waals surface area contributed by atoms with Gasteiger partial charge in [0, 0.05) is 0 Å². The predicted octanol–water partition coefficient (Wildman–Crippen LogP) is 4.32. The molecule has 22 heavy (non-hydrogen) atoms. The van der Waals surface area contributed by atoms with Crippen LogP contribution in [0.3, 0.4) is 0 Å². The molecule has 0 atom stereocenters. The summed E-state index contributed by atoms with van der Waals surface area (Å²) >= 11 is 12.1. The minimum Gasteiger partial charge on any atom is -0.504 e. The van der Waals surface area contributed by atoms with E-state index in [0.717, 1.165) is 0 Å². The van der Waals surface area contributed by atoms with Crippen LogP contribution in [-0.2, 0) is 0 Å². The Hall–Kier alpha value is -2.17. The van der Waals surface area contributed by atoms with Gasteiger partial charge in [0.2, 0.25) is 5.78 Å². The molecule has 3 rings (SSSR count). The number of ketones is 1. The molecule has 1 heterocycles. The van der Waals surface area contributed by atoms with Crippen LogP contribution < -0.4 is 9.47 Å². The minimum atomic E-state index is -0.338. The van der Waals surface area contributed by atoms with Crippen LogP contribution in [0, 0.1) is 0 Å². The molecule has 2 aromatic carbocycles. The first-order chi connectivity index (χ1) is 10.5. The van der Waals surface area contributed by atoms with Gasteiger partial charge in [-0.3, -0.25) is 4.79 Å². The van der Waals surface area contributed by atoms with Gasteiger partial charge in [0.05, 0.1) is 22.7 Å². The Labute approximate surface area is 136 Å². The number of phenolic OH excluding ortho intramolecular Hbond substituents is 1. The lowest BCUT2D eigenvalue weighted by Gasteiger charge is -2.04. The maximum absolute atomic E-state index is 12.4. The number of phenols is 1. The molecule has 0 saturated carbocycles. The second kappa shape index (κ2) is 5.55. The summed E-state index contributed by atoms with van der Waals surface area (Å²) < 4.78 is 10.6. The van der Waals surface area contributed by atoms with Crippen molar-refractivity contribution in [2.24, 2.45) is 0 Å². The van der Waals surface area contributed by atoms with Gasteiger partial charge in [-0.25, -0.2) is 0 Å². The van der Waals surface area contributed by atoms with Crippen molar-refractivity contribution in [2.45, 2.75) is 0 Å². The van der Waals surface area contributed by atoms with Crippen molar-refractivity contribution in [3.05, 3.63) is 57.3 Å². The Balaban J connectivity index is 2.03. The zero-order chi connectivity index (χ0) is 15.9. The lowest BCUT2D eigenvalue weighted by molar-refractivity contribution is 0.101. The van der Waals surface area contributed by atoms with Crippen LogP contribution in [0.25, 0.3) is 6.08 Å². The van der Waals surface area contributed by atoms with Gasteiger partial charge in [-0.2, -0.15) is 0 Å². The summed E-state index contributed by atoms with van der Waals surface area (Å²) in [6.07, 6.45) is 1.54. The molecule has 0 fully saturated rings. The number of benzene rings is 2. The monoisotopic (exact) mass is 336 g/mol. The molecule has 0 aromatic heterocycles. The van der Waals surface area contributed by atoms with Crippen LogP contribution in [0.4, 0.5) is 0 Å². The quantitative estimate of drug-likeness (QED) is 0.829. The van der Waals surface area contributed by atoms with E-state index >= 15 is 0 Å². The van der Waals surface area contributed by atoms with E-state index in [1.165, 1.54) is 19.3 Å². The van der Waals surface area contributed by atoms with Crippen LogP contribution in [0.2, 0.25) is 10.0 Å². The Morgan fingerprint density at radius 3 is 2.59 bits per heavy atom. The Kier molecular flexibility index (Phi) is 3.72. The number of allylic oxidation sites excluding steroid dienone is 1. The third-order valence-electron chi connectivity index (χ3n) is 3.22. The molecular weight excluding hydrogens is 327 g/mol. The van der Waals surface area contributed by atoms with Crippen molar-refractivity contribution < 1.29 is 19.4 Å². The van der Waals surface area contributed by atoms with E-state index in [9.17, 15) is 9.90 Å². The summed E-state index contributed by atoms with van der Waals surface area (Å²) in [4.78, 5) is 12.4. The van der Waals surface area contributed by atoms with Crippen LogP contribution in [0.15, 0.2) is 36.1 Å². The smallest absolute Gasteiger partial charge is 0.233 e. The predicted molar refractivity (Wildman–Crippen MR) is 84.1 cm³/mol. The van der Waals surface area contributed by atoms with Gasteiger partial charge in [-0.1, -0.05) is 29.3 Å². The summed E-state index contributed by atoms with van der Waals surface area (Å²) in [5.74, 6) is 0.342. The van der Waals surface area contributed by atoms with E-state index in [0.29, 0.717) is 16.3 Å². The van der Waals surface area contributed by atoms with Crippen molar-refractivity contribution in [1.82, 2.24) is 0 Å². The third-order valence-corrected chi connectivity index (χ3v) is 3.84. The number of hydrogen-bond acceptors (Lipinski definition) is 4. The molecule has 0 amide bonds. The van der Waals surface area contributed by atoms with Crippen molar-refractivity contribution in [2.75, 3.05) is 7.11 Å². The van der Waals surface area contributed by atoms with Crippen LogP contribution >= 0.6 is 23.2 Å². The average molecular weight is 337 g/mol. The normalized spacial score (nSPS) is 14.9. The van der Waals surface area contributed by atoms with Gasteiger partial charge in [0.1, 0.15) is 0 Å². The number of fused-ring (bicyclic) bond motifs is 1. The highest BCUT2D eigenvalue weighted by Crippen LogP contribution is 2.42. The standard InChI is InChI=1S/C16H10Cl2O4/c1-21-12-6-8(2-5-11(12)19)7-13-15(20)14-9(17)3-4-10(18)16(14)22-13/h2-7,19H,1H3/b13-7-. The van der Waals surface area contributed by atoms with Crippen LogP contribution in [-0.4, -0.2) is 18.0 Å². The molecule has 1 N–H and O–H groups in total. The molecule has 0 saturated heterocycles. The lowest BCUT2D eigenvalue weighted by atomic mass is 10.1. The largest absolute Gasteiger partial charge is 0.504 e. The lowest BCUT2D eigenvalue weighted by Crippen LogP contribution is -1.98. The number of rotatable bonds is 2. The second-order valence-corrected chi connectivity index (χ2v) is 5.42. The fourth-order valence-corrected chi connectivity index (χ4v) is 2.59. The van der Waals surface area contributed by atoms with Gasteiger partial charge < -0.3 is 14.6 Å². The van der Waals surface area contributed by atoms with E-state index in [2.05, 4.69) is 0 Å². The maximum Gasteiger partial charge on any atom is 0.233 e. The Bertz CT molecular complexity index is 812. The van der Waals surface area contributed by atoms with Gasteiger partial charge >= 0.3 is 0 Å². The van der Waals surface area contributed by atoms with E-state index in [4.69, 9.17) is 32.7 Å². The Morgan fingerprint density at radius 2 is 1.91 bits per heavy atom. The van der Waals surface area contributed by atoms with E-state index in [1.807, 2.05) is 0 Å². The number of hydrogen-bond donors (Lipinski definition) is 1. The summed E-state index contributed by atoms with van der Waals surface area (Å²) in [5, 5.41) is 10.2. The number of methoxy groups -OCH3 is 1. The second-order valence-electron chi connectivity index (χ2n) is 4.60. The van der Waals surface area contributed by atoms with Crippen molar-refractivity contribution in [1.29, 1.82) is 0 Å². The first-order valence-corrected chi connectivity index (χ1v) is 7.06. The van der Waals surface area contributed by atoms with Crippen molar-refractivity contribution in [3.8, 4) is 17.2 Å². The first kappa shape index (κ1) is 14.8. The van der Waals surface area contributed by atoms with Crippen LogP contribution in [0.1, 0.15) is 15.9 Å². The highest BCUT2D eigenvalue weighted by molar-refractivity contribution is 6.39. The SMILES string of the molecule is COc1cc(/C=C2\Oc3c(Cl)ccc(Cl)c3C2=O)ccc1O. The molecule has 0 unspecified atom stereocenters. The zero-order valence-corrected chi connectivity index (χ0v) is 12.9. The van der Waals surface area contributed by atoms with Gasteiger partial charge in [0.25, 0.3) is 0 Å². The molecule has 0 radical (unpaired) electrons. The number of Topliss-reactive ketones (excluding diaryl/α,β-unsaturated/α-hetero) is 1. The molecular formula is C16H10Cl2O4. The van der Waals surface area contributed by atoms with Gasteiger partial charge in [0.15, 0.2) is 23.0 Å². The first-order valence-electron chi connectivity index (χ1n) is 6.30. The number of halogens is 2. The number of carbonyl (C=O) groups excluding carboxylic acids is 1. The highest BCUT2D eigenvalue weighted by Gasteiger charge is 2.31. The van der Waals surface area contributed by atoms with Crippen LogP contribution in [0.5, 0.6) is 17.2 Å². The summed E-state index contributed by atoms with van der Waals surface area (Å²) in [6, 6.07) is 7.82. The minimum absolute atomic E-state index is 0.0118. The molecule has 4 nitrogen and oxygen atoms in total. The highest BCUT2D eigenvalue weighted by atomic mass is 35.5. The van der Waals surface area contributed by atoms with Gasteiger partial charge in [-0.15, -0.1) is 0 Å². The van der Waals surface area contributed by atoms with Crippen molar-refractivity contribution >= 4 is 35.1 Å². The molecule has 0 bridgehead atoms. The fourth-order valence-electron chi connectivity index (χ4n) is 2.15. The maximum atomic E-state index is 12.4. The van der Waals surface area contributed by atoms with Gasteiger partial charge in [-0.05, 0) is 35.9 Å². The number of aromatic hydroxyl groups is 1. The zero-order valence-electron chi connectivity index (χ0n) is 11.4. The molecule has 2 aromatic rings. The fraction of sp³-hybridized carbons (Fsp3) is 0.0625. The summed E-state index contributed by atoms with van der Waals surface area (Å²) in [5.41, 5.74) is 0.893.